The normalized spacial score (nSPS) is 11.7. The van der Waals surface area contributed by atoms with Crippen LogP contribution in [-0.4, -0.2) is 31.1 Å². The number of aliphatic carboxylic acids is 1. The number of amides is 1. The average molecular weight is 265 g/mol. The number of hydrogen-bond acceptors (Lipinski definition) is 3. The zero-order chi connectivity index (χ0) is 14.4. The van der Waals surface area contributed by atoms with E-state index >= 15 is 0 Å². The molecule has 0 aliphatic rings. The minimum Gasteiger partial charge on any atom is -0.496 e. The van der Waals surface area contributed by atoms with Crippen LogP contribution >= 0.6 is 0 Å². The van der Waals surface area contributed by atoms with Crippen molar-refractivity contribution in [3.8, 4) is 5.75 Å². The molecule has 0 heterocycles. The van der Waals surface area contributed by atoms with Crippen LogP contribution in [0.15, 0.2) is 18.2 Å². The summed E-state index contributed by atoms with van der Waals surface area (Å²) in [6.07, 6.45) is 0.527. The number of carboxylic acids is 1. The molecule has 0 aliphatic carbocycles. The first-order chi connectivity index (χ1) is 9.03. The number of carbonyl (C=O) groups excluding carboxylic acids is 1. The molecule has 19 heavy (non-hydrogen) atoms. The second-order valence-corrected chi connectivity index (χ2v) is 4.19. The molecule has 1 aromatic carbocycles. The molecule has 0 aromatic heterocycles. The lowest BCUT2D eigenvalue weighted by molar-refractivity contribution is -0.139. The molecule has 0 saturated heterocycles. The van der Waals surface area contributed by atoms with Crippen LogP contribution < -0.4 is 10.1 Å². The lowest BCUT2D eigenvalue weighted by Crippen LogP contribution is -2.27. The van der Waals surface area contributed by atoms with Crippen molar-refractivity contribution in [2.45, 2.75) is 25.7 Å². The second kappa shape index (κ2) is 6.78. The van der Waals surface area contributed by atoms with Crippen LogP contribution in [0.25, 0.3) is 0 Å². The molecular formula is C14H19NO4. The first kappa shape index (κ1) is 15.0. The molecule has 1 rings (SSSR count). The molecule has 2 N–H and O–H groups in total. The number of carbonyl (C=O) groups is 2. The Hall–Kier alpha value is -2.04. The van der Waals surface area contributed by atoms with Crippen LogP contribution in [0.1, 0.15) is 30.4 Å². The van der Waals surface area contributed by atoms with Gasteiger partial charge in [0, 0.05) is 7.05 Å². The van der Waals surface area contributed by atoms with Gasteiger partial charge in [0.1, 0.15) is 5.75 Å². The number of rotatable bonds is 6. The van der Waals surface area contributed by atoms with Gasteiger partial charge in [-0.05, 0) is 23.6 Å². The SMILES string of the molecule is CCc1cc(C(CC(=O)O)C(=O)NC)ccc1OC. The largest absolute Gasteiger partial charge is 0.496 e. The third-order valence-electron chi connectivity index (χ3n) is 3.03. The monoisotopic (exact) mass is 265 g/mol. The van der Waals surface area contributed by atoms with Gasteiger partial charge < -0.3 is 15.2 Å². The maximum atomic E-state index is 11.8. The predicted molar refractivity (Wildman–Crippen MR) is 71.4 cm³/mol. The van der Waals surface area contributed by atoms with Gasteiger partial charge in [-0.2, -0.15) is 0 Å². The zero-order valence-electron chi connectivity index (χ0n) is 11.4. The van der Waals surface area contributed by atoms with E-state index in [1.54, 1.807) is 19.2 Å². The quantitative estimate of drug-likeness (QED) is 0.818. The molecule has 5 heteroatoms. The van der Waals surface area contributed by atoms with Crippen LogP contribution in [0.4, 0.5) is 0 Å². The number of aryl methyl sites for hydroxylation is 1. The highest BCUT2D eigenvalue weighted by Crippen LogP contribution is 2.27. The molecule has 0 fully saturated rings. The van der Waals surface area contributed by atoms with Crippen molar-refractivity contribution >= 4 is 11.9 Å². The average Bonchev–Trinajstić information content (AvgIpc) is 2.42. The van der Waals surface area contributed by atoms with Crippen LogP contribution in [0.2, 0.25) is 0 Å². The summed E-state index contributed by atoms with van der Waals surface area (Å²) in [5.74, 6) is -1.23. The highest BCUT2D eigenvalue weighted by atomic mass is 16.5. The van der Waals surface area contributed by atoms with E-state index in [1.165, 1.54) is 7.05 Å². The number of methoxy groups -OCH3 is 1. The summed E-state index contributed by atoms with van der Waals surface area (Å²) in [4.78, 5) is 22.7. The van der Waals surface area contributed by atoms with Gasteiger partial charge in [0.05, 0.1) is 19.4 Å². The summed E-state index contributed by atoms with van der Waals surface area (Å²) >= 11 is 0. The molecule has 0 saturated carbocycles. The Morgan fingerprint density at radius 1 is 1.42 bits per heavy atom. The summed E-state index contributed by atoms with van der Waals surface area (Å²) in [6.45, 7) is 1.98. The Morgan fingerprint density at radius 3 is 2.58 bits per heavy atom. The van der Waals surface area contributed by atoms with Crippen molar-refractivity contribution in [2.24, 2.45) is 0 Å². The lowest BCUT2D eigenvalue weighted by Gasteiger charge is -2.16. The van der Waals surface area contributed by atoms with Gasteiger partial charge >= 0.3 is 5.97 Å². The van der Waals surface area contributed by atoms with Gasteiger partial charge in [-0.15, -0.1) is 0 Å². The van der Waals surface area contributed by atoms with Crippen LogP contribution in [0.3, 0.4) is 0 Å². The number of ether oxygens (including phenoxy) is 1. The first-order valence-corrected chi connectivity index (χ1v) is 6.13. The van der Waals surface area contributed by atoms with Crippen molar-refractivity contribution in [1.82, 2.24) is 5.32 Å². The first-order valence-electron chi connectivity index (χ1n) is 6.13. The van der Waals surface area contributed by atoms with E-state index in [2.05, 4.69) is 5.32 Å². The van der Waals surface area contributed by atoms with E-state index < -0.39 is 11.9 Å². The summed E-state index contributed by atoms with van der Waals surface area (Å²) in [6, 6.07) is 5.34. The van der Waals surface area contributed by atoms with E-state index in [1.807, 2.05) is 13.0 Å². The number of likely N-dealkylation sites (N-methyl/N-ethyl adjacent to an activating group) is 1. The highest BCUT2D eigenvalue weighted by Gasteiger charge is 2.23. The third kappa shape index (κ3) is 3.71. The van der Waals surface area contributed by atoms with E-state index in [-0.39, 0.29) is 12.3 Å². The summed E-state index contributed by atoms with van der Waals surface area (Å²) in [7, 11) is 3.09. The van der Waals surface area contributed by atoms with Crippen LogP contribution in [0.5, 0.6) is 5.75 Å². The molecule has 5 nitrogen and oxygen atoms in total. The van der Waals surface area contributed by atoms with Gasteiger partial charge in [-0.25, -0.2) is 0 Å². The van der Waals surface area contributed by atoms with E-state index in [0.717, 1.165) is 17.7 Å². The second-order valence-electron chi connectivity index (χ2n) is 4.19. The zero-order valence-corrected chi connectivity index (χ0v) is 11.4. The molecule has 1 aromatic rings. The number of benzene rings is 1. The number of carboxylic acid groups (broad SMARTS) is 1. The molecule has 0 aliphatic heterocycles. The highest BCUT2D eigenvalue weighted by molar-refractivity contribution is 5.87. The molecule has 0 bridgehead atoms. The molecule has 0 spiro atoms. The van der Waals surface area contributed by atoms with Crippen LogP contribution in [0, 0.1) is 0 Å². The van der Waals surface area contributed by atoms with E-state index in [4.69, 9.17) is 9.84 Å². The Labute approximate surface area is 112 Å². The fourth-order valence-corrected chi connectivity index (χ4v) is 2.00. The maximum Gasteiger partial charge on any atom is 0.304 e. The van der Waals surface area contributed by atoms with Gasteiger partial charge in [0.2, 0.25) is 5.91 Å². The third-order valence-corrected chi connectivity index (χ3v) is 3.03. The van der Waals surface area contributed by atoms with Crippen molar-refractivity contribution < 1.29 is 19.4 Å². The topological polar surface area (TPSA) is 75.6 Å². The molecule has 1 atom stereocenters. The summed E-state index contributed by atoms with van der Waals surface area (Å²) in [5, 5.41) is 11.4. The molecule has 1 amide bonds. The van der Waals surface area contributed by atoms with Gasteiger partial charge in [-0.1, -0.05) is 19.1 Å². The number of hydrogen-bond donors (Lipinski definition) is 2. The van der Waals surface area contributed by atoms with Crippen molar-refractivity contribution in [1.29, 1.82) is 0 Å². The molecule has 1 unspecified atom stereocenters. The number of nitrogens with one attached hydrogen (secondary N) is 1. The molecule has 104 valence electrons. The molecular weight excluding hydrogens is 246 g/mol. The van der Waals surface area contributed by atoms with Gasteiger partial charge in [-0.3, -0.25) is 9.59 Å². The van der Waals surface area contributed by atoms with Crippen molar-refractivity contribution in [3.05, 3.63) is 29.3 Å². The van der Waals surface area contributed by atoms with Gasteiger partial charge in [0.15, 0.2) is 0 Å². The Bertz CT molecular complexity index is 471. The smallest absolute Gasteiger partial charge is 0.304 e. The summed E-state index contributed by atoms with van der Waals surface area (Å²) in [5.41, 5.74) is 1.65. The fraction of sp³-hybridized carbons (Fsp3) is 0.429. The maximum absolute atomic E-state index is 11.8. The van der Waals surface area contributed by atoms with Crippen LogP contribution in [-0.2, 0) is 16.0 Å². The van der Waals surface area contributed by atoms with E-state index in [0.29, 0.717) is 5.56 Å². The lowest BCUT2D eigenvalue weighted by atomic mass is 9.92. The van der Waals surface area contributed by atoms with Crippen molar-refractivity contribution in [2.75, 3.05) is 14.2 Å². The predicted octanol–water partition coefficient (Wildman–Crippen LogP) is 1.56. The Kier molecular flexibility index (Phi) is 5.36. The van der Waals surface area contributed by atoms with Gasteiger partial charge in [0.25, 0.3) is 0 Å². The minimum atomic E-state index is -0.998. The molecule has 0 radical (unpaired) electrons. The Balaban J connectivity index is 3.15. The Morgan fingerprint density at radius 2 is 2.11 bits per heavy atom. The van der Waals surface area contributed by atoms with Crippen molar-refractivity contribution in [3.63, 3.8) is 0 Å². The minimum absolute atomic E-state index is 0.227. The fourth-order valence-electron chi connectivity index (χ4n) is 2.00. The standard InChI is InChI=1S/C14H19NO4/c1-4-9-7-10(5-6-12(9)19-3)11(8-13(16)17)14(18)15-2/h5-7,11H,4,8H2,1-3H3,(H,15,18)(H,16,17). The van der Waals surface area contributed by atoms with E-state index in [9.17, 15) is 9.59 Å². The summed E-state index contributed by atoms with van der Waals surface area (Å²) < 4.78 is 5.22.